The molecule has 0 aliphatic rings. The summed E-state index contributed by atoms with van der Waals surface area (Å²) in [6, 6.07) is 11.5. The molecule has 0 atom stereocenters. The zero-order chi connectivity index (χ0) is 14.2. The van der Waals surface area contributed by atoms with Gasteiger partial charge in [-0.25, -0.2) is 4.79 Å². The lowest BCUT2D eigenvalue weighted by Gasteiger charge is -2.08. The number of benzene rings is 1. The first-order valence-electron chi connectivity index (χ1n) is 6.60. The van der Waals surface area contributed by atoms with Crippen LogP contribution in [0, 0.1) is 6.92 Å². The monoisotopic (exact) mass is 270 g/mol. The van der Waals surface area contributed by atoms with Crippen molar-refractivity contribution in [1.82, 2.24) is 10.3 Å². The summed E-state index contributed by atoms with van der Waals surface area (Å²) < 4.78 is 5.17. The Bertz CT molecular complexity index is 555. The molecule has 0 amide bonds. The molecule has 0 saturated carbocycles. The second-order valence-corrected chi connectivity index (χ2v) is 4.48. The summed E-state index contributed by atoms with van der Waals surface area (Å²) in [7, 11) is 0. The highest BCUT2D eigenvalue weighted by molar-refractivity contribution is 5.89. The maximum Gasteiger partial charge on any atom is 0.338 e. The van der Waals surface area contributed by atoms with Crippen LogP contribution < -0.4 is 5.32 Å². The van der Waals surface area contributed by atoms with Gasteiger partial charge in [0.05, 0.1) is 5.56 Å². The van der Waals surface area contributed by atoms with Gasteiger partial charge in [-0.1, -0.05) is 24.3 Å². The van der Waals surface area contributed by atoms with E-state index >= 15 is 0 Å². The molecule has 0 aliphatic carbocycles. The Labute approximate surface area is 118 Å². The average molecular weight is 270 g/mol. The van der Waals surface area contributed by atoms with Crippen molar-refractivity contribution in [3.05, 3.63) is 65.5 Å². The van der Waals surface area contributed by atoms with Crippen LogP contribution in [-0.4, -0.2) is 24.1 Å². The number of hydrogen-bond acceptors (Lipinski definition) is 4. The van der Waals surface area contributed by atoms with E-state index in [1.807, 2.05) is 12.1 Å². The van der Waals surface area contributed by atoms with Gasteiger partial charge < -0.3 is 10.1 Å². The quantitative estimate of drug-likeness (QED) is 0.646. The maximum atomic E-state index is 11.7. The van der Waals surface area contributed by atoms with Crippen molar-refractivity contribution in [2.24, 2.45) is 0 Å². The zero-order valence-corrected chi connectivity index (χ0v) is 11.5. The van der Waals surface area contributed by atoms with Crippen molar-refractivity contribution in [2.45, 2.75) is 13.5 Å². The third kappa shape index (κ3) is 4.17. The molecule has 0 saturated heterocycles. The van der Waals surface area contributed by atoms with Gasteiger partial charge in [0.2, 0.25) is 0 Å². The van der Waals surface area contributed by atoms with Crippen LogP contribution in [0.3, 0.4) is 0 Å². The van der Waals surface area contributed by atoms with Gasteiger partial charge in [0.15, 0.2) is 0 Å². The molecule has 20 heavy (non-hydrogen) atoms. The Kier molecular flexibility index (Phi) is 5.26. The number of nitrogens with zero attached hydrogens (tertiary/aromatic N) is 1. The van der Waals surface area contributed by atoms with Crippen molar-refractivity contribution in [3.8, 4) is 0 Å². The van der Waals surface area contributed by atoms with Crippen LogP contribution in [0.15, 0.2) is 48.8 Å². The van der Waals surface area contributed by atoms with E-state index in [-0.39, 0.29) is 5.97 Å². The average Bonchev–Trinajstić information content (AvgIpc) is 2.49. The summed E-state index contributed by atoms with van der Waals surface area (Å²) in [4.78, 5) is 15.5. The summed E-state index contributed by atoms with van der Waals surface area (Å²) >= 11 is 0. The normalized spacial score (nSPS) is 10.2. The molecule has 0 bridgehead atoms. The number of nitrogens with one attached hydrogen (secondary N) is 1. The summed E-state index contributed by atoms with van der Waals surface area (Å²) in [5.74, 6) is -0.315. The minimum Gasteiger partial charge on any atom is -0.461 e. The van der Waals surface area contributed by atoms with Gasteiger partial charge in [0, 0.05) is 25.5 Å². The Morgan fingerprint density at radius 3 is 2.70 bits per heavy atom. The second-order valence-electron chi connectivity index (χ2n) is 4.48. The fourth-order valence-corrected chi connectivity index (χ4v) is 1.82. The molecule has 0 unspecified atom stereocenters. The molecular weight excluding hydrogens is 252 g/mol. The number of rotatable bonds is 6. The predicted octanol–water partition coefficient (Wildman–Crippen LogP) is 2.34. The molecule has 0 aliphatic heterocycles. The van der Waals surface area contributed by atoms with Crippen molar-refractivity contribution in [2.75, 3.05) is 13.2 Å². The van der Waals surface area contributed by atoms with E-state index in [1.165, 1.54) is 11.1 Å². The SMILES string of the molecule is Cc1ccccc1CNCCOC(=O)c1ccncc1. The Morgan fingerprint density at radius 2 is 1.95 bits per heavy atom. The summed E-state index contributed by atoms with van der Waals surface area (Å²) in [5, 5.41) is 3.26. The molecule has 1 N–H and O–H groups in total. The third-order valence-corrected chi connectivity index (χ3v) is 3.00. The number of esters is 1. The number of hydrogen-bond donors (Lipinski definition) is 1. The van der Waals surface area contributed by atoms with Crippen LogP contribution in [0.4, 0.5) is 0 Å². The first kappa shape index (κ1) is 14.2. The number of pyridine rings is 1. The number of aromatic nitrogens is 1. The van der Waals surface area contributed by atoms with Crippen LogP contribution in [0.2, 0.25) is 0 Å². The van der Waals surface area contributed by atoms with Crippen LogP contribution in [-0.2, 0) is 11.3 Å². The van der Waals surface area contributed by atoms with E-state index in [1.54, 1.807) is 24.5 Å². The third-order valence-electron chi connectivity index (χ3n) is 3.00. The number of carbonyl (C=O) groups is 1. The van der Waals surface area contributed by atoms with Crippen molar-refractivity contribution >= 4 is 5.97 Å². The number of aryl methyl sites for hydroxylation is 1. The number of carbonyl (C=O) groups excluding carboxylic acids is 1. The highest BCUT2D eigenvalue weighted by atomic mass is 16.5. The fraction of sp³-hybridized carbons (Fsp3) is 0.250. The van der Waals surface area contributed by atoms with Gasteiger partial charge in [-0.2, -0.15) is 0 Å². The molecule has 1 aromatic heterocycles. The molecule has 2 aromatic rings. The molecule has 0 spiro atoms. The van der Waals surface area contributed by atoms with Crippen molar-refractivity contribution in [3.63, 3.8) is 0 Å². The van der Waals surface area contributed by atoms with Gasteiger partial charge in [0.1, 0.15) is 6.61 Å². The molecule has 1 aromatic carbocycles. The molecule has 2 rings (SSSR count). The van der Waals surface area contributed by atoms with Gasteiger partial charge in [0.25, 0.3) is 0 Å². The smallest absolute Gasteiger partial charge is 0.338 e. The van der Waals surface area contributed by atoms with E-state index in [0.29, 0.717) is 18.7 Å². The first-order chi connectivity index (χ1) is 9.77. The molecule has 0 radical (unpaired) electrons. The number of ether oxygens (including phenoxy) is 1. The Hall–Kier alpha value is -2.20. The van der Waals surface area contributed by atoms with E-state index in [0.717, 1.165) is 6.54 Å². The Balaban J connectivity index is 1.67. The van der Waals surface area contributed by atoms with Gasteiger partial charge in [-0.15, -0.1) is 0 Å². The summed E-state index contributed by atoms with van der Waals surface area (Å²) in [5.41, 5.74) is 3.04. The minimum absolute atomic E-state index is 0.315. The largest absolute Gasteiger partial charge is 0.461 e. The molecule has 4 nitrogen and oxygen atoms in total. The van der Waals surface area contributed by atoms with Crippen molar-refractivity contribution in [1.29, 1.82) is 0 Å². The topological polar surface area (TPSA) is 51.2 Å². The van der Waals surface area contributed by atoms with E-state index in [9.17, 15) is 4.79 Å². The highest BCUT2D eigenvalue weighted by Crippen LogP contribution is 2.05. The van der Waals surface area contributed by atoms with Crippen LogP contribution >= 0.6 is 0 Å². The van der Waals surface area contributed by atoms with Gasteiger partial charge in [-0.3, -0.25) is 4.98 Å². The lowest BCUT2D eigenvalue weighted by Crippen LogP contribution is -2.21. The fourth-order valence-electron chi connectivity index (χ4n) is 1.82. The molecule has 4 heteroatoms. The summed E-state index contributed by atoms with van der Waals surface area (Å²) in [6.45, 7) is 3.85. The molecule has 1 heterocycles. The van der Waals surface area contributed by atoms with Gasteiger partial charge in [-0.05, 0) is 30.2 Å². The van der Waals surface area contributed by atoms with E-state index in [2.05, 4.69) is 29.4 Å². The molecule has 0 fully saturated rings. The van der Waals surface area contributed by atoms with E-state index in [4.69, 9.17) is 4.74 Å². The minimum atomic E-state index is -0.315. The zero-order valence-electron chi connectivity index (χ0n) is 11.5. The maximum absolute atomic E-state index is 11.7. The lowest BCUT2D eigenvalue weighted by atomic mass is 10.1. The predicted molar refractivity (Wildman–Crippen MR) is 77.4 cm³/mol. The molecular formula is C16H18N2O2. The summed E-state index contributed by atoms with van der Waals surface area (Å²) in [6.07, 6.45) is 3.15. The second kappa shape index (κ2) is 7.40. The standard InChI is InChI=1S/C16H18N2O2/c1-13-4-2-3-5-15(13)12-18-10-11-20-16(19)14-6-8-17-9-7-14/h2-9,18H,10-12H2,1H3. The van der Waals surface area contributed by atoms with E-state index < -0.39 is 0 Å². The van der Waals surface area contributed by atoms with Gasteiger partial charge >= 0.3 is 5.97 Å². The highest BCUT2D eigenvalue weighted by Gasteiger charge is 2.05. The Morgan fingerprint density at radius 1 is 1.20 bits per heavy atom. The lowest BCUT2D eigenvalue weighted by molar-refractivity contribution is 0.0508. The molecule has 104 valence electrons. The first-order valence-corrected chi connectivity index (χ1v) is 6.60. The van der Waals surface area contributed by atoms with Crippen LogP contribution in [0.25, 0.3) is 0 Å². The van der Waals surface area contributed by atoms with Crippen LogP contribution in [0.1, 0.15) is 21.5 Å². The van der Waals surface area contributed by atoms with Crippen molar-refractivity contribution < 1.29 is 9.53 Å². The van der Waals surface area contributed by atoms with Crippen LogP contribution in [0.5, 0.6) is 0 Å².